The summed E-state index contributed by atoms with van der Waals surface area (Å²) in [6.45, 7) is 18.0. The van der Waals surface area contributed by atoms with Crippen LogP contribution in [0.15, 0.2) is 0 Å². The normalized spacial score (nSPS) is 46.9. The van der Waals surface area contributed by atoms with Gasteiger partial charge in [0, 0.05) is 37.7 Å². The first-order chi connectivity index (χ1) is 25.4. The van der Waals surface area contributed by atoms with Crippen molar-refractivity contribution in [2.75, 3.05) is 21.2 Å². The quantitative estimate of drug-likeness (QED) is 0.249. The highest BCUT2D eigenvalue weighted by Crippen LogP contribution is 2.41. The van der Waals surface area contributed by atoms with Crippen molar-refractivity contribution < 1.29 is 68.0 Å². The molecule has 4 N–H and O–H groups in total. The Morgan fingerprint density at radius 1 is 0.891 bits per heavy atom. The van der Waals surface area contributed by atoms with Crippen molar-refractivity contribution in [2.45, 2.75) is 193 Å². The number of carbonyl (C=O) groups is 3. The van der Waals surface area contributed by atoms with E-state index < -0.39 is 114 Å². The van der Waals surface area contributed by atoms with Crippen molar-refractivity contribution in [2.24, 2.45) is 23.7 Å². The number of ketones is 1. The number of likely N-dealkylation sites (N-methyl/N-ethyl adjacent to an activating group) is 1. The molecule has 3 aliphatic heterocycles. The molecular formula is C40H71NO14. The topological polar surface area (TPSA) is 200 Å². The van der Waals surface area contributed by atoms with E-state index in [2.05, 4.69) is 0 Å². The van der Waals surface area contributed by atoms with Crippen molar-refractivity contribution in [3.63, 3.8) is 0 Å². The van der Waals surface area contributed by atoms with E-state index in [1.54, 1.807) is 48.5 Å². The van der Waals surface area contributed by atoms with E-state index in [4.69, 9.17) is 33.2 Å². The zero-order chi connectivity index (χ0) is 42.0. The van der Waals surface area contributed by atoms with Crippen LogP contribution in [0.3, 0.4) is 0 Å². The lowest BCUT2D eigenvalue weighted by Crippen LogP contribution is -2.61. The van der Waals surface area contributed by atoms with Crippen molar-refractivity contribution in [3.8, 4) is 0 Å². The first kappa shape index (κ1) is 47.6. The lowest BCUT2D eigenvalue weighted by Gasteiger charge is -2.49. The number of methoxy groups -OCH3 is 1. The molecule has 18 atom stereocenters. The Labute approximate surface area is 327 Å². The minimum Gasteiger partial charge on any atom is -0.459 e. The van der Waals surface area contributed by atoms with E-state index >= 15 is 0 Å². The summed E-state index contributed by atoms with van der Waals surface area (Å²) in [5.41, 5.74) is -4.92. The van der Waals surface area contributed by atoms with Gasteiger partial charge in [0.25, 0.3) is 0 Å². The Morgan fingerprint density at radius 3 is 2.05 bits per heavy atom. The van der Waals surface area contributed by atoms with E-state index in [0.29, 0.717) is 6.42 Å². The number of carbonyl (C=O) groups excluding carboxylic acids is 3. The summed E-state index contributed by atoms with van der Waals surface area (Å²) < 4.78 is 43.6. The van der Waals surface area contributed by atoms with Crippen LogP contribution in [0.2, 0.25) is 0 Å². The molecule has 0 bridgehead atoms. The minimum absolute atomic E-state index is 0.0760. The molecule has 0 saturated carbocycles. The average Bonchev–Trinajstić information content (AvgIpc) is 3.11. The van der Waals surface area contributed by atoms with Gasteiger partial charge in [-0.15, -0.1) is 0 Å². The van der Waals surface area contributed by atoms with Gasteiger partial charge < -0.3 is 58.5 Å². The van der Waals surface area contributed by atoms with Crippen LogP contribution in [-0.4, -0.2) is 149 Å². The van der Waals surface area contributed by atoms with Gasteiger partial charge in [-0.1, -0.05) is 34.6 Å². The van der Waals surface area contributed by atoms with Crippen LogP contribution in [0.5, 0.6) is 0 Å². The number of esters is 2. The van der Waals surface area contributed by atoms with E-state index in [1.807, 2.05) is 25.9 Å². The molecule has 0 radical (unpaired) electrons. The zero-order valence-corrected chi connectivity index (χ0v) is 35.5. The molecule has 0 aromatic heterocycles. The molecule has 15 nitrogen and oxygen atoms in total. The molecule has 55 heavy (non-hydrogen) atoms. The summed E-state index contributed by atoms with van der Waals surface area (Å²) in [6.07, 6.45) is -9.68. The first-order valence-corrected chi connectivity index (χ1v) is 19.9. The van der Waals surface area contributed by atoms with Crippen LogP contribution in [0.4, 0.5) is 0 Å². The fraction of sp³-hybridized carbons (Fsp3) is 0.925. The molecule has 320 valence electrons. The molecule has 3 saturated heterocycles. The van der Waals surface area contributed by atoms with E-state index in [-0.39, 0.29) is 37.8 Å². The van der Waals surface area contributed by atoms with Crippen molar-refractivity contribution in [3.05, 3.63) is 0 Å². The number of aliphatic hydroxyl groups is 4. The van der Waals surface area contributed by atoms with Crippen LogP contribution < -0.4 is 0 Å². The predicted molar refractivity (Wildman–Crippen MR) is 200 cm³/mol. The van der Waals surface area contributed by atoms with Crippen LogP contribution in [-0.2, 0) is 47.5 Å². The molecule has 15 heteroatoms. The van der Waals surface area contributed by atoms with Gasteiger partial charge in [-0.25, -0.2) is 0 Å². The second-order valence-corrected chi connectivity index (χ2v) is 17.3. The summed E-state index contributed by atoms with van der Waals surface area (Å²) in [6, 6.07) is -0.319. The minimum atomic E-state index is -2.01. The molecule has 3 fully saturated rings. The van der Waals surface area contributed by atoms with Gasteiger partial charge in [-0.2, -0.15) is 0 Å². The van der Waals surface area contributed by atoms with Crippen molar-refractivity contribution >= 4 is 17.7 Å². The van der Waals surface area contributed by atoms with Gasteiger partial charge in [-0.05, 0) is 74.9 Å². The standard InChI is InChI=1S/C40H71NO14/c1-15-27-40(11,48)33(44)22(5)30(43)20(3)18-38(9,47)35(55-37-32(53-28(42)16-2)26(41(12)13)17-21(4)50-37)23(6)31(24(7)36(46)52-27)54-29-19-39(10,49-14)34(45)25(8)51-29/h20-27,29,31-35,37,44-45,47-48H,15-19H2,1-14H3/t20-,21+,22+,23+,24-,25+,26-,27-,29+,31+,32+,33-,34+,35-,37-,38-,39-,40-/m1/s1. The Bertz CT molecular complexity index is 1290. The SMILES string of the molecule is CCC(=O)O[C@@H]1[C@@H](O[C@@H]2[C@@H](C)[C@H](O[C@H]3C[C@@](C)(OC)[C@@H](O)[C@H](C)O3)[C@@H](C)C(=O)O[C@H](CC)[C@@](C)(O)[C@H](O)[C@@H](C)C(=O)[C@H](C)C[C@@]2(C)O)O[C@@H](C)C[C@H]1N(C)C. The highest BCUT2D eigenvalue weighted by Gasteiger charge is 2.54. The number of hydrogen-bond acceptors (Lipinski definition) is 15. The van der Waals surface area contributed by atoms with Crippen LogP contribution in [0.25, 0.3) is 0 Å². The van der Waals surface area contributed by atoms with Gasteiger partial charge in [-0.3, -0.25) is 14.4 Å². The average molecular weight is 790 g/mol. The highest BCUT2D eigenvalue weighted by molar-refractivity contribution is 5.83. The molecule has 0 unspecified atom stereocenters. The molecule has 3 aliphatic rings. The van der Waals surface area contributed by atoms with Gasteiger partial charge >= 0.3 is 11.9 Å². The number of Topliss-reactive ketones (excluding diaryl/α,β-unsaturated/α-hetero) is 1. The second kappa shape index (κ2) is 18.9. The Balaban J connectivity index is 2.24. The fourth-order valence-corrected chi connectivity index (χ4v) is 8.76. The highest BCUT2D eigenvalue weighted by atomic mass is 16.7. The Hall–Kier alpha value is -1.79. The van der Waals surface area contributed by atoms with E-state index in [9.17, 15) is 34.8 Å². The van der Waals surface area contributed by atoms with Gasteiger partial charge in [0.15, 0.2) is 18.7 Å². The number of hydrogen-bond donors (Lipinski definition) is 4. The zero-order valence-electron chi connectivity index (χ0n) is 35.5. The van der Waals surface area contributed by atoms with Crippen molar-refractivity contribution in [1.82, 2.24) is 4.90 Å². The number of rotatable bonds is 9. The van der Waals surface area contributed by atoms with E-state index in [0.717, 1.165) is 0 Å². The molecule has 0 aromatic carbocycles. The summed E-state index contributed by atoms with van der Waals surface area (Å²) in [5, 5.41) is 46.6. The fourth-order valence-electron chi connectivity index (χ4n) is 8.76. The van der Waals surface area contributed by atoms with Crippen LogP contribution in [0.1, 0.15) is 108 Å². The summed E-state index contributed by atoms with van der Waals surface area (Å²) >= 11 is 0. The van der Waals surface area contributed by atoms with Gasteiger partial charge in [0.05, 0.1) is 53.7 Å². The summed E-state index contributed by atoms with van der Waals surface area (Å²) in [4.78, 5) is 42.9. The van der Waals surface area contributed by atoms with E-state index in [1.165, 1.54) is 27.9 Å². The molecule has 0 aromatic rings. The Kier molecular flexibility index (Phi) is 16.3. The Morgan fingerprint density at radius 2 is 1.51 bits per heavy atom. The summed E-state index contributed by atoms with van der Waals surface area (Å²) in [7, 11) is 5.21. The monoisotopic (exact) mass is 789 g/mol. The maximum Gasteiger partial charge on any atom is 0.311 e. The smallest absolute Gasteiger partial charge is 0.311 e. The molecule has 3 rings (SSSR count). The predicted octanol–water partition coefficient (Wildman–Crippen LogP) is 2.75. The largest absolute Gasteiger partial charge is 0.459 e. The molecule has 3 heterocycles. The van der Waals surface area contributed by atoms with Crippen molar-refractivity contribution in [1.29, 1.82) is 0 Å². The van der Waals surface area contributed by atoms with Crippen LogP contribution >= 0.6 is 0 Å². The summed E-state index contributed by atoms with van der Waals surface area (Å²) in [5.74, 6) is -5.59. The maximum absolute atomic E-state index is 14.2. The number of ether oxygens (including phenoxy) is 7. The third-order valence-electron chi connectivity index (χ3n) is 12.4. The molecule has 0 amide bonds. The first-order valence-electron chi connectivity index (χ1n) is 19.9. The lowest BCUT2D eigenvalue weighted by atomic mass is 9.74. The second-order valence-electron chi connectivity index (χ2n) is 17.3. The third kappa shape index (κ3) is 10.6. The lowest BCUT2D eigenvalue weighted by molar-refractivity contribution is -0.319. The third-order valence-corrected chi connectivity index (χ3v) is 12.4. The maximum atomic E-state index is 14.2. The number of nitrogens with zero attached hydrogens (tertiary/aromatic N) is 1. The molecular weight excluding hydrogens is 718 g/mol. The number of aliphatic hydroxyl groups excluding tert-OH is 2. The molecule has 0 aliphatic carbocycles. The van der Waals surface area contributed by atoms with Gasteiger partial charge in [0.1, 0.15) is 23.6 Å². The number of cyclic esters (lactones) is 1. The molecule has 0 spiro atoms. The van der Waals surface area contributed by atoms with Gasteiger partial charge in [0.2, 0.25) is 0 Å². The van der Waals surface area contributed by atoms with Crippen LogP contribution in [0, 0.1) is 23.7 Å².